The van der Waals surface area contributed by atoms with Crippen LogP contribution in [-0.4, -0.2) is 36.3 Å². The number of halogens is 1. The minimum absolute atomic E-state index is 0. The van der Waals surface area contributed by atoms with Crippen molar-refractivity contribution in [2.45, 2.75) is 56.2 Å². The summed E-state index contributed by atoms with van der Waals surface area (Å²) >= 11 is 0. The average molecular weight is 416 g/mol. The summed E-state index contributed by atoms with van der Waals surface area (Å²) in [6.07, 6.45) is 7.83. The van der Waals surface area contributed by atoms with E-state index in [9.17, 15) is 9.90 Å². The van der Waals surface area contributed by atoms with Gasteiger partial charge < -0.3 is 27.2 Å². The Labute approximate surface area is 179 Å². The number of nitrogens with one attached hydrogen (secondary N) is 1. The minimum atomic E-state index is -1.78. The molecule has 4 rings (SSSR count). The summed E-state index contributed by atoms with van der Waals surface area (Å²) in [4.78, 5) is 14.7. The summed E-state index contributed by atoms with van der Waals surface area (Å²) in [6, 6.07) is 19.6. The zero-order valence-corrected chi connectivity index (χ0v) is 17.5. The van der Waals surface area contributed by atoms with E-state index in [0.717, 1.165) is 6.54 Å². The van der Waals surface area contributed by atoms with Crippen LogP contribution in [0.15, 0.2) is 60.7 Å². The number of ether oxygens (including phenoxy) is 1. The lowest BCUT2D eigenvalue weighted by Gasteiger charge is -2.42. The fourth-order valence-electron chi connectivity index (χ4n) is 5.12. The van der Waals surface area contributed by atoms with Gasteiger partial charge >= 0.3 is 5.97 Å². The number of aliphatic hydroxyl groups is 1. The number of hydrogen-bond donors (Lipinski definition) is 2. The number of benzene rings is 2. The standard InChI is InChI=1S/C24H29NO3.ClH/c26-23(28-18-17-25-21-13-7-14-22(25)16-8-15-21)24(27,19-9-3-1-4-10-19)20-11-5-2-6-12-20;/h1-6,9-12,21-22,27H,7-8,13-18H2;1H. The van der Waals surface area contributed by atoms with Crippen LogP contribution in [0.1, 0.15) is 49.7 Å². The molecule has 5 heteroatoms. The Morgan fingerprint density at radius 2 is 1.34 bits per heavy atom. The minimum Gasteiger partial charge on any atom is -1.00 e. The number of piperidine rings is 2. The maximum Gasteiger partial charge on any atom is 0.347 e. The summed E-state index contributed by atoms with van der Waals surface area (Å²) in [6.45, 7) is 1.18. The van der Waals surface area contributed by atoms with Crippen molar-refractivity contribution in [2.75, 3.05) is 13.2 Å². The predicted octanol–water partition coefficient (Wildman–Crippen LogP) is -0.540. The topological polar surface area (TPSA) is 51.0 Å². The second-order valence-electron chi connectivity index (χ2n) is 8.16. The molecule has 156 valence electrons. The van der Waals surface area contributed by atoms with Gasteiger partial charge in [0.2, 0.25) is 5.60 Å². The summed E-state index contributed by atoms with van der Waals surface area (Å²) < 4.78 is 5.67. The Kier molecular flexibility index (Phi) is 7.33. The highest BCUT2D eigenvalue weighted by Crippen LogP contribution is 2.31. The molecule has 0 aromatic heterocycles. The molecule has 4 nitrogen and oxygen atoms in total. The van der Waals surface area contributed by atoms with E-state index < -0.39 is 11.6 Å². The SMILES string of the molecule is O=C(OCC[NH+]1C2CCCC1CCC2)C(O)(c1ccccc1)c1ccccc1.[Cl-]. The molecule has 0 aliphatic carbocycles. The first-order valence-electron chi connectivity index (χ1n) is 10.6. The van der Waals surface area contributed by atoms with E-state index in [-0.39, 0.29) is 12.4 Å². The number of rotatable bonds is 6. The van der Waals surface area contributed by atoms with Gasteiger partial charge in [0.05, 0.1) is 12.1 Å². The molecule has 2 heterocycles. The molecule has 2 aliphatic heterocycles. The highest BCUT2D eigenvalue weighted by molar-refractivity contribution is 5.85. The quantitative estimate of drug-likeness (QED) is 0.623. The molecule has 2 aromatic carbocycles. The third-order valence-corrected chi connectivity index (χ3v) is 6.56. The van der Waals surface area contributed by atoms with Gasteiger partial charge in [0.1, 0.15) is 13.2 Å². The van der Waals surface area contributed by atoms with Crippen molar-refractivity contribution in [1.82, 2.24) is 0 Å². The van der Waals surface area contributed by atoms with E-state index in [4.69, 9.17) is 4.74 Å². The largest absolute Gasteiger partial charge is 1.00 e. The predicted molar refractivity (Wildman–Crippen MR) is 108 cm³/mol. The van der Waals surface area contributed by atoms with E-state index in [1.807, 2.05) is 36.4 Å². The van der Waals surface area contributed by atoms with Gasteiger partial charge in [-0.15, -0.1) is 0 Å². The summed E-state index contributed by atoms with van der Waals surface area (Å²) in [5.41, 5.74) is -0.711. The van der Waals surface area contributed by atoms with Gasteiger partial charge in [0, 0.05) is 0 Å². The maximum atomic E-state index is 13.1. The van der Waals surface area contributed by atoms with Gasteiger partial charge in [-0.1, -0.05) is 60.7 Å². The van der Waals surface area contributed by atoms with Crippen LogP contribution in [0.4, 0.5) is 0 Å². The number of hydrogen-bond acceptors (Lipinski definition) is 3. The van der Waals surface area contributed by atoms with Crippen molar-refractivity contribution in [3.63, 3.8) is 0 Å². The van der Waals surface area contributed by atoms with Crippen LogP contribution in [0.3, 0.4) is 0 Å². The first-order chi connectivity index (χ1) is 13.7. The Balaban J connectivity index is 0.00000240. The fourth-order valence-corrected chi connectivity index (χ4v) is 5.12. The second-order valence-corrected chi connectivity index (χ2v) is 8.16. The molecule has 2 saturated heterocycles. The molecule has 2 aromatic rings. The highest BCUT2D eigenvalue weighted by Gasteiger charge is 2.42. The maximum absolute atomic E-state index is 13.1. The van der Waals surface area contributed by atoms with E-state index in [0.29, 0.717) is 29.8 Å². The van der Waals surface area contributed by atoms with Gasteiger partial charge in [-0.25, -0.2) is 4.79 Å². The van der Waals surface area contributed by atoms with Gasteiger partial charge in [-0.05, 0) is 49.7 Å². The second kappa shape index (κ2) is 9.75. The van der Waals surface area contributed by atoms with Crippen LogP contribution in [0, 0.1) is 0 Å². The van der Waals surface area contributed by atoms with E-state index in [1.165, 1.54) is 38.5 Å². The van der Waals surface area contributed by atoms with Crippen LogP contribution in [0.2, 0.25) is 0 Å². The molecule has 0 atom stereocenters. The van der Waals surface area contributed by atoms with Gasteiger partial charge in [-0.3, -0.25) is 0 Å². The molecule has 0 radical (unpaired) electrons. The molecular formula is C24H30ClNO3. The van der Waals surface area contributed by atoms with E-state index in [2.05, 4.69) is 0 Å². The Morgan fingerprint density at radius 1 is 0.897 bits per heavy atom. The summed E-state index contributed by atoms with van der Waals surface area (Å²) in [7, 11) is 0. The molecule has 2 bridgehead atoms. The van der Waals surface area contributed by atoms with E-state index >= 15 is 0 Å². The van der Waals surface area contributed by atoms with Crippen LogP contribution < -0.4 is 17.3 Å². The van der Waals surface area contributed by atoms with Crippen molar-refractivity contribution >= 4 is 5.97 Å². The molecule has 0 amide bonds. The molecule has 2 aliphatic rings. The van der Waals surface area contributed by atoms with Gasteiger partial charge in [0.25, 0.3) is 0 Å². The number of esters is 1. The average Bonchev–Trinajstić information content (AvgIpc) is 2.74. The van der Waals surface area contributed by atoms with Crippen LogP contribution in [0.5, 0.6) is 0 Å². The third kappa shape index (κ3) is 4.50. The zero-order valence-electron chi connectivity index (χ0n) is 16.7. The van der Waals surface area contributed by atoms with Crippen molar-refractivity contribution in [3.05, 3.63) is 71.8 Å². The molecule has 29 heavy (non-hydrogen) atoms. The number of quaternary nitrogens is 1. The Bertz CT molecular complexity index is 722. The first-order valence-corrected chi connectivity index (χ1v) is 10.6. The first kappa shape index (κ1) is 21.8. The molecule has 0 spiro atoms. The lowest BCUT2D eigenvalue weighted by atomic mass is 9.84. The van der Waals surface area contributed by atoms with Crippen molar-refractivity contribution in [2.24, 2.45) is 0 Å². The molecule has 2 N–H and O–H groups in total. The Morgan fingerprint density at radius 3 is 1.79 bits per heavy atom. The van der Waals surface area contributed by atoms with Crippen LogP contribution in [0.25, 0.3) is 0 Å². The van der Waals surface area contributed by atoms with Gasteiger partial charge in [0.15, 0.2) is 0 Å². The van der Waals surface area contributed by atoms with Crippen molar-refractivity contribution in [3.8, 4) is 0 Å². The Hall–Kier alpha value is -1.88. The monoisotopic (exact) mass is 415 g/mol. The fraction of sp³-hybridized carbons (Fsp3) is 0.458. The van der Waals surface area contributed by atoms with Crippen LogP contribution >= 0.6 is 0 Å². The number of carbonyl (C=O) groups is 1. The lowest BCUT2D eigenvalue weighted by Crippen LogP contribution is -3.21. The molecule has 0 unspecified atom stereocenters. The number of carbonyl (C=O) groups excluding carboxylic acids is 1. The normalized spacial score (nSPS) is 23.7. The molecule has 0 saturated carbocycles. The van der Waals surface area contributed by atoms with E-state index in [1.54, 1.807) is 29.2 Å². The van der Waals surface area contributed by atoms with Crippen molar-refractivity contribution in [1.29, 1.82) is 0 Å². The smallest absolute Gasteiger partial charge is 0.347 e. The zero-order chi connectivity index (χ0) is 19.4. The van der Waals surface area contributed by atoms with Crippen molar-refractivity contribution < 1.29 is 31.9 Å². The lowest BCUT2D eigenvalue weighted by molar-refractivity contribution is -0.960. The van der Waals surface area contributed by atoms with Gasteiger partial charge in [-0.2, -0.15) is 0 Å². The summed E-state index contributed by atoms with van der Waals surface area (Å²) in [5.74, 6) is -0.591. The van der Waals surface area contributed by atoms with Crippen LogP contribution in [-0.2, 0) is 15.1 Å². The summed E-state index contributed by atoms with van der Waals surface area (Å²) in [5, 5.41) is 11.4. The highest BCUT2D eigenvalue weighted by atomic mass is 35.5. The molecular weight excluding hydrogens is 386 g/mol. The third-order valence-electron chi connectivity index (χ3n) is 6.56. The number of fused-ring (bicyclic) bond motifs is 2. The molecule has 2 fully saturated rings.